The Bertz CT molecular complexity index is 837. The molecule has 2 heterocycles. The van der Waals surface area contributed by atoms with Gasteiger partial charge in [-0.25, -0.2) is 9.67 Å². The van der Waals surface area contributed by atoms with Crippen LogP contribution in [0.15, 0.2) is 17.3 Å². The molecule has 24 heavy (non-hydrogen) atoms. The van der Waals surface area contributed by atoms with E-state index in [-0.39, 0.29) is 5.41 Å². The zero-order valence-corrected chi connectivity index (χ0v) is 15.0. The molecular weight excluding hydrogens is 347 g/mol. The minimum atomic E-state index is -0.0461. The van der Waals surface area contributed by atoms with Gasteiger partial charge in [-0.1, -0.05) is 34.8 Å². The fraction of sp³-hybridized carbons (Fsp3) is 0.438. The van der Waals surface area contributed by atoms with Gasteiger partial charge in [0.25, 0.3) is 0 Å². The van der Waals surface area contributed by atoms with Crippen molar-refractivity contribution in [3.05, 3.63) is 33.6 Å². The lowest BCUT2D eigenvalue weighted by atomic mass is 9.64. The Morgan fingerprint density at radius 1 is 1.29 bits per heavy atom. The maximum atomic E-state index is 6.69. The molecule has 2 aliphatic rings. The van der Waals surface area contributed by atoms with Crippen molar-refractivity contribution in [1.82, 2.24) is 25.6 Å². The highest BCUT2D eigenvalue weighted by Gasteiger charge is 2.49. The molecule has 0 radical (unpaired) electrons. The first-order valence-electron chi connectivity index (χ1n) is 7.96. The summed E-state index contributed by atoms with van der Waals surface area (Å²) in [4.78, 5) is 4.76. The van der Waals surface area contributed by atoms with Crippen LogP contribution in [0.1, 0.15) is 30.5 Å². The Labute approximate surface area is 150 Å². The molecule has 0 atom stereocenters. The van der Waals surface area contributed by atoms with Crippen molar-refractivity contribution in [2.45, 2.75) is 31.2 Å². The molecule has 2 N–H and O–H groups in total. The molecule has 4 rings (SSSR count). The second kappa shape index (κ2) is 5.72. The highest BCUT2D eigenvalue weighted by molar-refractivity contribution is 6.40. The smallest absolute Gasteiger partial charge is 0.113 e. The van der Waals surface area contributed by atoms with Crippen molar-refractivity contribution >= 4 is 34.7 Å². The molecule has 6 nitrogen and oxygen atoms in total. The van der Waals surface area contributed by atoms with Gasteiger partial charge in [-0.05, 0) is 31.5 Å². The summed E-state index contributed by atoms with van der Waals surface area (Å²) in [6, 6.07) is 1.99. The van der Waals surface area contributed by atoms with Crippen molar-refractivity contribution in [3.63, 3.8) is 0 Å². The predicted octanol–water partition coefficient (Wildman–Crippen LogP) is 2.98. The van der Waals surface area contributed by atoms with Gasteiger partial charge < -0.3 is 10.6 Å². The molecule has 1 aromatic heterocycles. The number of aliphatic imine (C=N–C) groups is 1. The largest absolute Gasteiger partial charge is 0.376 e. The number of halogens is 2. The van der Waals surface area contributed by atoms with E-state index in [9.17, 15) is 0 Å². The number of benzene rings is 1. The van der Waals surface area contributed by atoms with Crippen LogP contribution in [0, 0.1) is 0 Å². The van der Waals surface area contributed by atoms with Crippen LogP contribution < -0.4 is 10.6 Å². The summed E-state index contributed by atoms with van der Waals surface area (Å²) in [7, 11) is 3.77. The number of nitrogens with one attached hydrogen (secondary N) is 2. The van der Waals surface area contributed by atoms with Crippen LogP contribution in [0.2, 0.25) is 10.0 Å². The lowest BCUT2D eigenvalue weighted by Crippen LogP contribution is -2.45. The highest BCUT2D eigenvalue weighted by Crippen LogP contribution is 2.55. The molecule has 1 aliphatic carbocycles. The van der Waals surface area contributed by atoms with E-state index >= 15 is 0 Å². The molecule has 1 saturated carbocycles. The minimum absolute atomic E-state index is 0.0461. The van der Waals surface area contributed by atoms with E-state index in [4.69, 9.17) is 28.2 Å². The van der Waals surface area contributed by atoms with Gasteiger partial charge >= 0.3 is 0 Å². The van der Waals surface area contributed by atoms with Gasteiger partial charge in [0.05, 0.1) is 33.0 Å². The van der Waals surface area contributed by atoms with E-state index in [1.807, 2.05) is 26.4 Å². The zero-order valence-electron chi connectivity index (χ0n) is 13.5. The molecule has 126 valence electrons. The Morgan fingerprint density at radius 2 is 2.08 bits per heavy atom. The van der Waals surface area contributed by atoms with E-state index in [0.29, 0.717) is 22.3 Å². The summed E-state index contributed by atoms with van der Waals surface area (Å²) in [6.45, 7) is 0.630. The normalized spacial score (nSPS) is 17.6. The van der Waals surface area contributed by atoms with Crippen LogP contribution >= 0.6 is 23.2 Å². The number of hydrogen-bond acceptors (Lipinski definition) is 5. The van der Waals surface area contributed by atoms with Gasteiger partial charge in [0.2, 0.25) is 0 Å². The average molecular weight is 365 g/mol. The summed E-state index contributed by atoms with van der Waals surface area (Å²) in [5.41, 5.74) is 3.32. The number of aromatic nitrogens is 3. The first kappa shape index (κ1) is 15.9. The summed E-state index contributed by atoms with van der Waals surface area (Å²) in [5.74, 6) is 0.980. The maximum Gasteiger partial charge on any atom is 0.113 e. The number of nitrogens with zero attached hydrogens (tertiary/aromatic N) is 4. The maximum absolute atomic E-state index is 6.69. The molecule has 1 spiro atoms. The van der Waals surface area contributed by atoms with Crippen LogP contribution in [0.4, 0.5) is 5.69 Å². The van der Waals surface area contributed by atoms with E-state index in [0.717, 1.165) is 35.6 Å². The van der Waals surface area contributed by atoms with Crippen LogP contribution in [0.5, 0.6) is 0 Å². The van der Waals surface area contributed by atoms with Gasteiger partial charge in [-0.3, -0.25) is 0 Å². The third kappa shape index (κ3) is 2.10. The highest BCUT2D eigenvalue weighted by atomic mass is 35.5. The standard InChI is InChI=1S/C16H18Cl2N6/c1-19-7-9-8-24(23-22-9)14-11(17)6-10-13(12(14)18)21-15(20-2)16(10)4-3-5-16/h6,8,19H,3-5,7H2,1-2H3,(H,20,21). The van der Waals surface area contributed by atoms with E-state index in [1.165, 1.54) is 6.42 Å². The Balaban J connectivity index is 1.85. The molecule has 1 fully saturated rings. The fourth-order valence-electron chi connectivity index (χ4n) is 3.63. The number of likely N-dealkylation sites (N-methyl/N-ethyl adjacent to an activating group) is 1. The molecule has 8 heteroatoms. The van der Waals surface area contributed by atoms with Crippen LogP contribution in [-0.4, -0.2) is 34.9 Å². The topological polar surface area (TPSA) is 67.1 Å². The molecule has 1 aliphatic heterocycles. The first-order valence-corrected chi connectivity index (χ1v) is 8.72. The molecule has 2 aromatic rings. The van der Waals surface area contributed by atoms with Gasteiger partial charge in [-0.2, -0.15) is 0 Å². The molecule has 0 amide bonds. The third-order valence-electron chi connectivity index (χ3n) is 4.93. The number of hydrogen-bond donors (Lipinski definition) is 2. The van der Waals surface area contributed by atoms with Gasteiger partial charge in [0.15, 0.2) is 0 Å². The molecule has 0 unspecified atom stereocenters. The molecular formula is C16H18Cl2N6. The van der Waals surface area contributed by atoms with Gasteiger partial charge in [-0.15, -0.1) is 5.10 Å². The second-order valence-corrected chi connectivity index (χ2v) is 7.03. The number of fused-ring (bicyclic) bond motifs is 2. The average Bonchev–Trinajstić information content (AvgIpc) is 3.09. The Morgan fingerprint density at radius 3 is 2.71 bits per heavy atom. The predicted molar refractivity (Wildman–Crippen MR) is 95.8 cm³/mol. The third-order valence-corrected chi connectivity index (χ3v) is 5.58. The summed E-state index contributed by atoms with van der Waals surface area (Å²) in [6.07, 6.45) is 5.16. The lowest BCUT2D eigenvalue weighted by molar-refractivity contribution is 0.341. The molecule has 0 bridgehead atoms. The fourth-order valence-corrected chi connectivity index (χ4v) is 4.30. The first-order chi connectivity index (χ1) is 11.6. The van der Waals surface area contributed by atoms with E-state index < -0.39 is 0 Å². The SMILES string of the molecule is CNCc1cn(-c2c(Cl)cc3c(c2Cl)N=C(NC)C32CCC2)nn1. The number of amidine groups is 1. The zero-order chi connectivity index (χ0) is 16.9. The second-order valence-electron chi connectivity index (χ2n) is 6.25. The van der Waals surface area contributed by atoms with Crippen molar-refractivity contribution in [1.29, 1.82) is 0 Å². The minimum Gasteiger partial charge on any atom is -0.376 e. The van der Waals surface area contributed by atoms with Crippen LogP contribution in [0.25, 0.3) is 5.69 Å². The van der Waals surface area contributed by atoms with Crippen molar-refractivity contribution in [2.24, 2.45) is 4.99 Å². The van der Waals surface area contributed by atoms with Crippen LogP contribution in [0.3, 0.4) is 0 Å². The molecule has 0 saturated heterocycles. The summed E-state index contributed by atoms with van der Waals surface area (Å²) < 4.78 is 1.62. The van der Waals surface area contributed by atoms with Crippen molar-refractivity contribution in [3.8, 4) is 5.69 Å². The summed E-state index contributed by atoms with van der Waals surface area (Å²) in [5, 5.41) is 15.7. The Kier molecular flexibility index (Phi) is 3.78. The monoisotopic (exact) mass is 364 g/mol. The van der Waals surface area contributed by atoms with Crippen molar-refractivity contribution < 1.29 is 0 Å². The van der Waals surface area contributed by atoms with E-state index in [2.05, 4.69) is 20.9 Å². The quantitative estimate of drug-likeness (QED) is 0.878. The van der Waals surface area contributed by atoms with E-state index in [1.54, 1.807) is 4.68 Å². The van der Waals surface area contributed by atoms with Crippen LogP contribution in [-0.2, 0) is 12.0 Å². The number of rotatable bonds is 3. The Hall–Kier alpha value is -1.63. The van der Waals surface area contributed by atoms with Gasteiger partial charge in [0.1, 0.15) is 11.5 Å². The summed E-state index contributed by atoms with van der Waals surface area (Å²) >= 11 is 13.3. The van der Waals surface area contributed by atoms with Gasteiger partial charge in [0, 0.05) is 13.6 Å². The molecule has 1 aromatic carbocycles. The lowest BCUT2D eigenvalue weighted by Gasteiger charge is -2.40. The van der Waals surface area contributed by atoms with Crippen molar-refractivity contribution in [2.75, 3.05) is 14.1 Å².